The second-order valence-corrected chi connectivity index (χ2v) is 6.42. The lowest BCUT2D eigenvalue weighted by atomic mass is 9.97. The minimum atomic E-state index is -0.149. The molecule has 138 valence electrons. The summed E-state index contributed by atoms with van der Waals surface area (Å²) in [6, 6.07) is 5.16. The SMILES string of the molecule is COc1cc(OC)cc(C(=O)NCC2CCN(C(=O)N(C)C)CC2)c1. The highest BCUT2D eigenvalue weighted by molar-refractivity contribution is 5.95. The van der Waals surface area contributed by atoms with Gasteiger partial charge in [0.15, 0.2) is 0 Å². The molecule has 0 unspecified atom stereocenters. The highest BCUT2D eigenvalue weighted by Crippen LogP contribution is 2.23. The molecule has 1 aliphatic rings. The highest BCUT2D eigenvalue weighted by Gasteiger charge is 2.24. The molecule has 1 saturated heterocycles. The molecule has 7 nitrogen and oxygen atoms in total. The summed E-state index contributed by atoms with van der Waals surface area (Å²) in [5, 5.41) is 2.97. The van der Waals surface area contributed by atoms with Crippen LogP contribution in [-0.2, 0) is 0 Å². The second-order valence-electron chi connectivity index (χ2n) is 6.42. The lowest BCUT2D eigenvalue weighted by molar-refractivity contribution is 0.0935. The van der Waals surface area contributed by atoms with Crippen molar-refractivity contribution in [1.82, 2.24) is 15.1 Å². The van der Waals surface area contributed by atoms with Gasteiger partial charge in [-0.2, -0.15) is 0 Å². The van der Waals surface area contributed by atoms with Crippen molar-refractivity contribution in [2.45, 2.75) is 12.8 Å². The largest absolute Gasteiger partial charge is 0.497 e. The summed E-state index contributed by atoms with van der Waals surface area (Å²) in [6.45, 7) is 2.05. The van der Waals surface area contributed by atoms with Crippen LogP contribution in [0.3, 0.4) is 0 Å². The van der Waals surface area contributed by atoms with Crippen molar-refractivity contribution in [2.75, 3.05) is 47.9 Å². The molecule has 1 fully saturated rings. The fraction of sp³-hybridized carbons (Fsp3) is 0.556. The van der Waals surface area contributed by atoms with Crippen LogP contribution in [-0.4, -0.2) is 69.7 Å². The van der Waals surface area contributed by atoms with Gasteiger partial charge < -0.3 is 24.6 Å². The fourth-order valence-corrected chi connectivity index (χ4v) is 2.89. The monoisotopic (exact) mass is 349 g/mol. The summed E-state index contributed by atoms with van der Waals surface area (Å²) in [4.78, 5) is 27.8. The first-order valence-electron chi connectivity index (χ1n) is 8.42. The number of hydrogen-bond acceptors (Lipinski definition) is 4. The van der Waals surface area contributed by atoms with Gasteiger partial charge in [0.2, 0.25) is 0 Å². The topological polar surface area (TPSA) is 71.1 Å². The third-order valence-electron chi connectivity index (χ3n) is 4.43. The minimum absolute atomic E-state index is 0.0472. The van der Waals surface area contributed by atoms with Crippen molar-refractivity contribution in [3.8, 4) is 11.5 Å². The third kappa shape index (κ3) is 5.01. The summed E-state index contributed by atoms with van der Waals surface area (Å²) in [6.07, 6.45) is 1.78. The molecule has 0 saturated carbocycles. The summed E-state index contributed by atoms with van der Waals surface area (Å²) in [7, 11) is 6.63. The van der Waals surface area contributed by atoms with Gasteiger partial charge in [-0.15, -0.1) is 0 Å². The summed E-state index contributed by atoms with van der Waals surface area (Å²) in [5.74, 6) is 1.40. The lowest BCUT2D eigenvalue weighted by Crippen LogP contribution is -2.45. The molecule has 0 aliphatic carbocycles. The van der Waals surface area contributed by atoms with Crippen molar-refractivity contribution < 1.29 is 19.1 Å². The number of piperidine rings is 1. The van der Waals surface area contributed by atoms with Crippen LogP contribution in [0.4, 0.5) is 4.79 Å². The lowest BCUT2D eigenvalue weighted by Gasteiger charge is -2.33. The van der Waals surface area contributed by atoms with Crippen molar-refractivity contribution in [3.63, 3.8) is 0 Å². The maximum Gasteiger partial charge on any atom is 0.319 e. The van der Waals surface area contributed by atoms with E-state index in [1.807, 2.05) is 4.90 Å². The zero-order valence-electron chi connectivity index (χ0n) is 15.4. The molecule has 0 spiro atoms. The average Bonchev–Trinajstić information content (AvgIpc) is 2.65. The Bertz CT molecular complexity index is 588. The molecular formula is C18H27N3O4. The number of benzene rings is 1. The maximum absolute atomic E-state index is 12.4. The van der Waals surface area contributed by atoms with Crippen LogP contribution in [0.15, 0.2) is 18.2 Å². The predicted molar refractivity (Wildman–Crippen MR) is 95.3 cm³/mol. The summed E-state index contributed by atoms with van der Waals surface area (Å²) >= 11 is 0. The fourth-order valence-electron chi connectivity index (χ4n) is 2.89. The highest BCUT2D eigenvalue weighted by atomic mass is 16.5. The van der Waals surface area contributed by atoms with Crippen LogP contribution in [0.25, 0.3) is 0 Å². The van der Waals surface area contributed by atoms with Crippen molar-refractivity contribution in [1.29, 1.82) is 0 Å². The van der Waals surface area contributed by atoms with Gasteiger partial charge in [0.1, 0.15) is 11.5 Å². The Morgan fingerprint density at radius 1 is 1.12 bits per heavy atom. The number of nitrogens with zero attached hydrogens (tertiary/aromatic N) is 2. The number of carbonyl (C=O) groups is 2. The van der Waals surface area contributed by atoms with E-state index in [0.29, 0.717) is 29.5 Å². The Morgan fingerprint density at radius 2 is 1.68 bits per heavy atom. The van der Waals surface area contributed by atoms with E-state index in [-0.39, 0.29) is 11.9 Å². The van der Waals surface area contributed by atoms with Crippen molar-refractivity contribution in [2.24, 2.45) is 5.92 Å². The van der Waals surface area contributed by atoms with Crippen LogP contribution in [0.1, 0.15) is 23.2 Å². The first-order valence-corrected chi connectivity index (χ1v) is 8.42. The number of rotatable bonds is 5. The van der Waals surface area contributed by atoms with E-state index >= 15 is 0 Å². The number of carbonyl (C=O) groups excluding carboxylic acids is 2. The van der Waals surface area contributed by atoms with Gasteiger partial charge in [-0.25, -0.2) is 4.79 Å². The van der Waals surface area contributed by atoms with Gasteiger partial charge in [0.25, 0.3) is 5.91 Å². The van der Waals surface area contributed by atoms with E-state index in [9.17, 15) is 9.59 Å². The van der Waals surface area contributed by atoms with E-state index < -0.39 is 0 Å². The first-order chi connectivity index (χ1) is 11.9. The van der Waals surface area contributed by atoms with Crippen molar-refractivity contribution in [3.05, 3.63) is 23.8 Å². The minimum Gasteiger partial charge on any atom is -0.497 e. The molecule has 1 aromatic rings. The molecule has 1 aliphatic heterocycles. The smallest absolute Gasteiger partial charge is 0.319 e. The predicted octanol–water partition coefficient (Wildman–Crippen LogP) is 1.83. The average molecular weight is 349 g/mol. The molecule has 1 aromatic carbocycles. The number of nitrogens with one attached hydrogen (secondary N) is 1. The molecule has 0 aromatic heterocycles. The molecule has 1 heterocycles. The van der Waals surface area contributed by atoms with E-state index in [4.69, 9.17) is 9.47 Å². The van der Waals surface area contributed by atoms with Gasteiger partial charge in [-0.05, 0) is 30.9 Å². The summed E-state index contributed by atoms with van der Waals surface area (Å²) < 4.78 is 10.4. The molecule has 3 amide bonds. The van der Waals surface area contributed by atoms with Crippen LogP contribution in [0, 0.1) is 5.92 Å². The van der Waals surface area contributed by atoms with Crippen LogP contribution >= 0.6 is 0 Å². The molecule has 0 radical (unpaired) electrons. The number of likely N-dealkylation sites (tertiary alicyclic amines) is 1. The number of amides is 3. The van der Waals surface area contributed by atoms with Gasteiger partial charge in [0.05, 0.1) is 14.2 Å². The third-order valence-corrected chi connectivity index (χ3v) is 4.43. The van der Waals surface area contributed by atoms with Gasteiger partial charge in [-0.1, -0.05) is 0 Å². The summed E-state index contributed by atoms with van der Waals surface area (Å²) in [5.41, 5.74) is 0.511. The molecule has 1 N–H and O–H groups in total. The van der Waals surface area contributed by atoms with E-state index in [1.54, 1.807) is 51.4 Å². The molecule has 0 atom stereocenters. The second kappa shape index (κ2) is 8.60. The molecule has 0 bridgehead atoms. The Labute approximate surface area is 148 Å². The number of hydrogen-bond donors (Lipinski definition) is 1. The Hall–Kier alpha value is -2.44. The maximum atomic E-state index is 12.4. The van der Waals surface area contributed by atoms with Gasteiger partial charge >= 0.3 is 6.03 Å². The first kappa shape index (κ1) is 18.9. The zero-order valence-corrected chi connectivity index (χ0v) is 15.4. The molecule has 7 heteroatoms. The van der Waals surface area contributed by atoms with Crippen LogP contribution in [0.2, 0.25) is 0 Å². The number of ether oxygens (including phenoxy) is 2. The van der Waals surface area contributed by atoms with Crippen molar-refractivity contribution >= 4 is 11.9 Å². The van der Waals surface area contributed by atoms with Gasteiger partial charge in [0, 0.05) is 45.4 Å². The van der Waals surface area contributed by atoms with Gasteiger partial charge in [-0.3, -0.25) is 4.79 Å². The Kier molecular flexibility index (Phi) is 6.50. The van der Waals surface area contributed by atoms with Crippen LogP contribution in [0.5, 0.6) is 11.5 Å². The van der Waals surface area contributed by atoms with Crippen LogP contribution < -0.4 is 14.8 Å². The molecule has 25 heavy (non-hydrogen) atoms. The quantitative estimate of drug-likeness (QED) is 0.880. The number of methoxy groups -OCH3 is 2. The zero-order chi connectivity index (χ0) is 18.4. The standard InChI is InChI=1S/C18H27N3O4/c1-20(2)18(23)21-7-5-13(6-8-21)12-19-17(22)14-9-15(24-3)11-16(10-14)25-4/h9-11,13H,5-8,12H2,1-4H3,(H,19,22). The number of urea groups is 1. The van der Waals surface area contributed by atoms with E-state index in [0.717, 1.165) is 25.9 Å². The Balaban J connectivity index is 1.86. The van der Waals surface area contributed by atoms with E-state index in [1.165, 1.54) is 0 Å². The van der Waals surface area contributed by atoms with E-state index in [2.05, 4.69) is 5.32 Å². The molecule has 2 rings (SSSR count). The molecular weight excluding hydrogens is 322 g/mol. The Morgan fingerprint density at radius 3 is 2.16 bits per heavy atom. The normalized spacial score (nSPS) is 14.8.